The zero-order valence-electron chi connectivity index (χ0n) is 11.4. The molecular formula is C16H14O3S2. The van der Waals surface area contributed by atoms with Gasteiger partial charge in [0.15, 0.2) is 5.78 Å². The lowest BCUT2D eigenvalue weighted by Gasteiger charge is -2.01. The fourth-order valence-corrected chi connectivity index (χ4v) is 3.52. The molecule has 1 aliphatic heterocycles. The van der Waals surface area contributed by atoms with Crippen LogP contribution in [0.3, 0.4) is 0 Å². The van der Waals surface area contributed by atoms with Crippen LogP contribution >= 0.6 is 24.0 Å². The monoisotopic (exact) mass is 318 g/mol. The molecule has 2 rings (SSSR count). The van der Waals surface area contributed by atoms with E-state index in [0.29, 0.717) is 9.10 Å². The minimum Gasteiger partial charge on any atom is -0.481 e. The van der Waals surface area contributed by atoms with Crippen LogP contribution < -0.4 is 0 Å². The number of hydrogen-bond acceptors (Lipinski definition) is 4. The van der Waals surface area contributed by atoms with Gasteiger partial charge >= 0.3 is 5.97 Å². The first-order valence-corrected chi connectivity index (χ1v) is 7.62. The summed E-state index contributed by atoms with van der Waals surface area (Å²) in [5.41, 5.74) is 1.97. The van der Waals surface area contributed by atoms with Gasteiger partial charge in [-0.05, 0) is 24.1 Å². The molecule has 1 unspecified atom stereocenters. The largest absolute Gasteiger partial charge is 0.481 e. The maximum Gasteiger partial charge on any atom is 0.304 e. The Balaban J connectivity index is 2.18. The molecule has 108 valence electrons. The quantitative estimate of drug-likeness (QED) is 0.677. The van der Waals surface area contributed by atoms with Crippen LogP contribution in [0.15, 0.2) is 46.9 Å². The SMILES string of the molecule is CC(=C/c1ccccc1)/C=C1\SC(=S)C(CC(=O)O)C1=O. The lowest BCUT2D eigenvalue weighted by atomic mass is 10.0. The van der Waals surface area contributed by atoms with Crippen LogP contribution in [-0.4, -0.2) is 21.1 Å². The van der Waals surface area contributed by atoms with E-state index in [-0.39, 0.29) is 12.2 Å². The van der Waals surface area contributed by atoms with Crippen LogP contribution in [0.25, 0.3) is 6.08 Å². The molecule has 1 atom stereocenters. The van der Waals surface area contributed by atoms with Gasteiger partial charge < -0.3 is 5.11 Å². The second-order valence-corrected chi connectivity index (χ2v) is 6.53. The highest BCUT2D eigenvalue weighted by Crippen LogP contribution is 2.37. The van der Waals surface area contributed by atoms with Gasteiger partial charge in [-0.3, -0.25) is 9.59 Å². The van der Waals surface area contributed by atoms with Crippen molar-refractivity contribution in [3.8, 4) is 0 Å². The Morgan fingerprint density at radius 3 is 2.67 bits per heavy atom. The van der Waals surface area contributed by atoms with Crippen molar-refractivity contribution in [1.82, 2.24) is 0 Å². The van der Waals surface area contributed by atoms with Gasteiger partial charge in [0, 0.05) is 0 Å². The smallest absolute Gasteiger partial charge is 0.304 e. The number of benzene rings is 1. The third-order valence-corrected chi connectivity index (χ3v) is 4.54. The summed E-state index contributed by atoms with van der Waals surface area (Å²) in [6, 6.07) is 9.78. The van der Waals surface area contributed by atoms with Crippen LogP contribution in [0.4, 0.5) is 0 Å². The molecule has 0 aromatic heterocycles. The number of carbonyl (C=O) groups excluding carboxylic acids is 1. The highest BCUT2D eigenvalue weighted by molar-refractivity contribution is 8.27. The van der Waals surface area contributed by atoms with Crippen molar-refractivity contribution in [2.24, 2.45) is 5.92 Å². The second kappa shape index (κ2) is 6.83. The molecule has 1 heterocycles. The summed E-state index contributed by atoms with van der Waals surface area (Å²) in [6.07, 6.45) is 3.51. The lowest BCUT2D eigenvalue weighted by molar-refractivity contribution is -0.139. The van der Waals surface area contributed by atoms with Crippen LogP contribution in [0.5, 0.6) is 0 Å². The summed E-state index contributed by atoms with van der Waals surface area (Å²) in [5, 5.41) is 8.82. The van der Waals surface area contributed by atoms with Crippen molar-refractivity contribution in [3.63, 3.8) is 0 Å². The third-order valence-electron chi connectivity index (χ3n) is 2.99. The number of carboxylic acids is 1. The first kappa shape index (κ1) is 15.7. The zero-order valence-corrected chi connectivity index (χ0v) is 13.0. The highest BCUT2D eigenvalue weighted by atomic mass is 32.2. The van der Waals surface area contributed by atoms with Gasteiger partial charge in [0.05, 0.1) is 21.4 Å². The number of hydrogen-bond donors (Lipinski definition) is 1. The molecule has 0 radical (unpaired) electrons. The highest BCUT2D eigenvalue weighted by Gasteiger charge is 2.36. The fraction of sp³-hybridized carbons (Fsp3) is 0.188. The first-order chi connectivity index (χ1) is 9.97. The van der Waals surface area contributed by atoms with E-state index in [2.05, 4.69) is 0 Å². The molecular weight excluding hydrogens is 304 g/mol. The van der Waals surface area contributed by atoms with Crippen LogP contribution in [0.2, 0.25) is 0 Å². The molecule has 0 aliphatic carbocycles. The molecule has 21 heavy (non-hydrogen) atoms. The number of allylic oxidation sites excluding steroid dienone is 3. The number of aliphatic carboxylic acids is 1. The summed E-state index contributed by atoms with van der Waals surface area (Å²) >= 11 is 6.32. The van der Waals surface area contributed by atoms with E-state index in [1.165, 1.54) is 11.8 Å². The van der Waals surface area contributed by atoms with Gasteiger partial charge in [0.1, 0.15) is 0 Å². The molecule has 3 nitrogen and oxygen atoms in total. The number of thiocarbonyl (C=S) groups is 1. The zero-order chi connectivity index (χ0) is 15.4. The molecule has 1 N–H and O–H groups in total. The van der Waals surface area contributed by atoms with E-state index in [0.717, 1.165) is 11.1 Å². The topological polar surface area (TPSA) is 54.4 Å². The fourth-order valence-electron chi connectivity index (χ4n) is 2.02. The van der Waals surface area contributed by atoms with Crippen LogP contribution in [0.1, 0.15) is 18.9 Å². The number of carboxylic acid groups (broad SMARTS) is 1. The minimum atomic E-state index is -1.01. The second-order valence-electron chi connectivity index (χ2n) is 4.74. The molecule has 0 bridgehead atoms. The molecule has 0 spiro atoms. The molecule has 1 aromatic carbocycles. The third kappa shape index (κ3) is 4.12. The van der Waals surface area contributed by atoms with Crippen LogP contribution in [0, 0.1) is 5.92 Å². The lowest BCUT2D eigenvalue weighted by Crippen LogP contribution is -2.17. The first-order valence-electron chi connectivity index (χ1n) is 6.40. The molecule has 1 fully saturated rings. The standard InChI is InChI=1S/C16H14O3S2/c1-10(7-11-5-3-2-4-6-11)8-13-15(19)12(9-14(17)18)16(20)21-13/h2-8,12H,9H2,1H3,(H,17,18)/b10-7-,13-8-. The van der Waals surface area contributed by atoms with Gasteiger partial charge in [-0.15, -0.1) is 0 Å². The van der Waals surface area contributed by atoms with Crippen molar-refractivity contribution in [1.29, 1.82) is 0 Å². The summed E-state index contributed by atoms with van der Waals surface area (Å²) in [7, 11) is 0. The average molecular weight is 318 g/mol. The number of thioether (sulfide) groups is 1. The van der Waals surface area contributed by atoms with E-state index in [9.17, 15) is 9.59 Å². The Morgan fingerprint density at radius 2 is 2.05 bits per heavy atom. The van der Waals surface area contributed by atoms with Gasteiger partial charge in [0.25, 0.3) is 0 Å². The Hall–Kier alpha value is -1.72. The molecule has 5 heteroatoms. The van der Waals surface area contributed by atoms with Crippen molar-refractivity contribution < 1.29 is 14.7 Å². The average Bonchev–Trinajstić information content (AvgIpc) is 2.67. The predicted molar refractivity (Wildman–Crippen MR) is 89.1 cm³/mol. The van der Waals surface area contributed by atoms with Crippen molar-refractivity contribution in [2.45, 2.75) is 13.3 Å². The summed E-state index contributed by atoms with van der Waals surface area (Å²) in [6.45, 7) is 1.90. The molecule has 1 aromatic rings. The maximum absolute atomic E-state index is 12.2. The van der Waals surface area contributed by atoms with Gasteiger partial charge in [-0.2, -0.15) is 0 Å². The normalized spacial score (nSPS) is 21.1. The van der Waals surface area contributed by atoms with Gasteiger partial charge in [-0.1, -0.05) is 60.4 Å². The molecule has 1 saturated heterocycles. The summed E-state index contributed by atoms with van der Waals surface area (Å²) in [5.74, 6) is -1.87. The Morgan fingerprint density at radius 1 is 1.38 bits per heavy atom. The molecule has 0 amide bonds. The van der Waals surface area contributed by atoms with Crippen LogP contribution in [-0.2, 0) is 9.59 Å². The van der Waals surface area contributed by atoms with E-state index in [1.54, 1.807) is 6.08 Å². The van der Waals surface area contributed by atoms with Crippen molar-refractivity contribution in [3.05, 3.63) is 52.4 Å². The Kier molecular flexibility index (Phi) is 5.09. The number of ketones is 1. The van der Waals surface area contributed by atoms with E-state index in [1.807, 2.05) is 43.3 Å². The Bertz CT molecular complexity index is 645. The van der Waals surface area contributed by atoms with E-state index < -0.39 is 11.9 Å². The molecule has 0 saturated carbocycles. The number of Topliss-reactive ketones (excluding diaryl/α,β-unsaturated/α-hetero) is 1. The number of carbonyl (C=O) groups is 2. The summed E-state index contributed by atoms with van der Waals surface area (Å²) in [4.78, 5) is 23.5. The van der Waals surface area contributed by atoms with Gasteiger partial charge in [-0.25, -0.2) is 0 Å². The minimum absolute atomic E-state index is 0.187. The molecule has 1 aliphatic rings. The van der Waals surface area contributed by atoms with E-state index in [4.69, 9.17) is 17.3 Å². The predicted octanol–water partition coefficient (Wildman–Crippen LogP) is 3.71. The van der Waals surface area contributed by atoms with Gasteiger partial charge in [0.2, 0.25) is 0 Å². The number of rotatable bonds is 4. The van der Waals surface area contributed by atoms with E-state index >= 15 is 0 Å². The Labute approximate surface area is 132 Å². The van der Waals surface area contributed by atoms with Crippen molar-refractivity contribution in [2.75, 3.05) is 0 Å². The summed E-state index contributed by atoms with van der Waals surface area (Å²) < 4.78 is 0.446. The van der Waals surface area contributed by atoms with Crippen molar-refractivity contribution >= 4 is 46.0 Å². The maximum atomic E-state index is 12.2.